The van der Waals surface area contributed by atoms with Crippen molar-refractivity contribution in [1.29, 1.82) is 0 Å². The second-order valence-corrected chi connectivity index (χ2v) is 5.94. The average molecular weight is 242 g/mol. The molecule has 16 heavy (non-hydrogen) atoms. The summed E-state index contributed by atoms with van der Waals surface area (Å²) in [5.41, 5.74) is 7.27. The molecule has 0 aliphatic carbocycles. The van der Waals surface area contributed by atoms with Gasteiger partial charge in [0.2, 0.25) is 10.0 Å². The van der Waals surface area contributed by atoms with Crippen molar-refractivity contribution in [2.24, 2.45) is 5.73 Å². The molecule has 1 aromatic rings. The van der Waals surface area contributed by atoms with Gasteiger partial charge in [-0.25, -0.2) is 8.42 Å². The Morgan fingerprint density at radius 2 is 1.94 bits per heavy atom. The molecule has 1 rings (SSSR count). The second-order valence-electron chi connectivity index (χ2n) is 3.93. The molecule has 0 bridgehead atoms. The Balaban J connectivity index is 3.24. The lowest BCUT2D eigenvalue weighted by molar-refractivity contribution is 0.600. The standard InChI is InChI=1S/C11H18N2O2S/c1-9(8-12)10-6-4-5-7-11(10)13(2)16(3,14)15/h4-7,9H,8,12H2,1-3H3. The van der Waals surface area contributed by atoms with Crippen LogP contribution in [-0.2, 0) is 10.0 Å². The van der Waals surface area contributed by atoms with Gasteiger partial charge >= 0.3 is 0 Å². The Hall–Kier alpha value is -1.07. The van der Waals surface area contributed by atoms with Crippen LogP contribution in [0.15, 0.2) is 24.3 Å². The summed E-state index contributed by atoms with van der Waals surface area (Å²) >= 11 is 0. The van der Waals surface area contributed by atoms with Gasteiger partial charge in [-0.15, -0.1) is 0 Å². The summed E-state index contributed by atoms with van der Waals surface area (Å²) in [5, 5.41) is 0. The molecule has 0 aromatic heterocycles. The van der Waals surface area contributed by atoms with Gasteiger partial charge in [-0.05, 0) is 24.1 Å². The maximum absolute atomic E-state index is 11.5. The van der Waals surface area contributed by atoms with E-state index in [1.54, 1.807) is 13.1 Å². The first kappa shape index (κ1) is 13.0. The summed E-state index contributed by atoms with van der Waals surface area (Å²) in [5.74, 6) is 0.139. The molecule has 0 spiro atoms. The zero-order valence-corrected chi connectivity index (χ0v) is 10.7. The number of para-hydroxylation sites is 1. The predicted octanol–water partition coefficient (Wildman–Crippen LogP) is 1.14. The van der Waals surface area contributed by atoms with Gasteiger partial charge in [0.1, 0.15) is 0 Å². The van der Waals surface area contributed by atoms with E-state index in [-0.39, 0.29) is 5.92 Å². The van der Waals surface area contributed by atoms with Crippen LogP contribution in [0.25, 0.3) is 0 Å². The first-order chi connectivity index (χ1) is 7.38. The fourth-order valence-electron chi connectivity index (χ4n) is 1.50. The molecule has 1 atom stereocenters. The Kier molecular flexibility index (Phi) is 3.93. The minimum absolute atomic E-state index is 0.139. The molecule has 1 aromatic carbocycles. The number of sulfonamides is 1. The average Bonchev–Trinajstić information content (AvgIpc) is 2.25. The van der Waals surface area contributed by atoms with E-state index in [9.17, 15) is 8.42 Å². The minimum Gasteiger partial charge on any atom is -0.330 e. The Labute approximate surface area is 97.1 Å². The first-order valence-corrected chi connectivity index (χ1v) is 6.95. The molecule has 0 fully saturated rings. The van der Waals surface area contributed by atoms with E-state index < -0.39 is 10.0 Å². The number of hydrogen-bond donors (Lipinski definition) is 1. The summed E-state index contributed by atoms with van der Waals surface area (Å²) in [7, 11) is -1.67. The van der Waals surface area contributed by atoms with Gasteiger partial charge in [0, 0.05) is 7.05 Å². The van der Waals surface area contributed by atoms with Crippen LogP contribution in [0.2, 0.25) is 0 Å². The van der Waals surface area contributed by atoms with E-state index in [1.165, 1.54) is 10.6 Å². The Bertz CT molecular complexity index is 457. The predicted molar refractivity (Wildman–Crippen MR) is 67.2 cm³/mol. The molecular weight excluding hydrogens is 224 g/mol. The maximum Gasteiger partial charge on any atom is 0.232 e. The van der Waals surface area contributed by atoms with E-state index in [0.29, 0.717) is 12.2 Å². The fraction of sp³-hybridized carbons (Fsp3) is 0.455. The number of nitrogens with two attached hydrogens (primary N) is 1. The van der Waals surface area contributed by atoms with Crippen LogP contribution in [0.4, 0.5) is 5.69 Å². The van der Waals surface area contributed by atoms with Crippen LogP contribution in [0.5, 0.6) is 0 Å². The number of hydrogen-bond acceptors (Lipinski definition) is 3. The van der Waals surface area contributed by atoms with Crippen LogP contribution < -0.4 is 10.0 Å². The molecule has 0 amide bonds. The highest BCUT2D eigenvalue weighted by Gasteiger charge is 2.17. The molecular formula is C11H18N2O2S. The summed E-state index contributed by atoms with van der Waals surface area (Å²) in [4.78, 5) is 0. The highest BCUT2D eigenvalue weighted by molar-refractivity contribution is 7.92. The van der Waals surface area contributed by atoms with Crippen molar-refractivity contribution >= 4 is 15.7 Å². The molecule has 1 unspecified atom stereocenters. The van der Waals surface area contributed by atoms with Crippen LogP contribution >= 0.6 is 0 Å². The number of benzene rings is 1. The molecule has 0 saturated heterocycles. The minimum atomic E-state index is -3.23. The topological polar surface area (TPSA) is 63.4 Å². The van der Waals surface area contributed by atoms with E-state index in [2.05, 4.69) is 0 Å². The van der Waals surface area contributed by atoms with Crippen molar-refractivity contribution in [3.63, 3.8) is 0 Å². The normalized spacial score (nSPS) is 13.5. The van der Waals surface area contributed by atoms with Crippen LogP contribution in [0, 0.1) is 0 Å². The molecule has 0 saturated carbocycles. The van der Waals surface area contributed by atoms with E-state index in [1.807, 2.05) is 25.1 Å². The van der Waals surface area contributed by atoms with E-state index in [0.717, 1.165) is 5.56 Å². The largest absolute Gasteiger partial charge is 0.330 e. The summed E-state index contributed by atoms with van der Waals surface area (Å²) < 4.78 is 24.3. The fourth-order valence-corrected chi connectivity index (χ4v) is 2.02. The maximum atomic E-state index is 11.5. The van der Waals surface area contributed by atoms with E-state index in [4.69, 9.17) is 5.73 Å². The monoisotopic (exact) mass is 242 g/mol. The molecule has 90 valence electrons. The van der Waals surface area contributed by atoms with E-state index >= 15 is 0 Å². The van der Waals surface area contributed by atoms with Crippen molar-refractivity contribution < 1.29 is 8.42 Å². The van der Waals surface area contributed by atoms with Crippen molar-refractivity contribution in [3.8, 4) is 0 Å². The third-order valence-corrected chi connectivity index (χ3v) is 3.85. The molecule has 4 nitrogen and oxygen atoms in total. The third-order valence-electron chi connectivity index (χ3n) is 2.66. The zero-order valence-electron chi connectivity index (χ0n) is 9.84. The van der Waals surface area contributed by atoms with Crippen molar-refractivity contribution in [3.05, 3.63) is 29.8 Å². The van der Waals surface area contributed by atoms with Gasteiger partial charge in [-0.1, -0.05) is 25.1 Å². The lowest BCUT2D eigenvalue weighted by atomic mass is 9.99. The first-order valence-electron chi connectivity index (χ1n) is 5.10. The van der Waals surface area contributed by atoms with Gasteiger partial charge < -0.3 is 5.73 Å². The number of rotatable bonds is 4. The van der Waals surface area contributed by atoms with Crippen molar-refractivity contribution in [1.82, 2.24) is 0 Å². The SMILES string of the molecule is CC(CN)c1ccccc1N(C)S(C)(=O)=O. The zero-order chi connectivity index (χ0) is 12.3. The molecule has 5 heteroatoms. The van der Waals surface area contributed by atoms with Gasteiger partial charge in [0.15, 0.2) is 0 Å². The Morgan fingerprint density at radius 1 is 1.38 bits per heavy atom. The van der Waals surface area contributed by atoms with Gasteiger partial charge in [0.05, 0.1) is 11.9 Å². The molecule has 2 N–H and O–H groups in total. The van der Waals surface area contributed by atoms with Crippen molar-refractivity contribution in [2.75, 3.05) is 24.2 Å². The van der Waals surface area contributed by atoms with Crippen LogP contribution in [-0.4, -0.2) is 28.3 Å². The Morgan fingerprint density at radius 3 is 2.44 bits per heavy atom. The summed E-state index contributed by atoms with van der Waals surface area (Å²) in [6, 6.07) is 7.42. The smallest absolute Gasteiger partial charge is 0.232 e. The molecule has 0 aliphatic heterocycles. The molecule has 0 radical (unpaired) electrons. The van der Waals surface area contributed by atoms with Crippen LogP contribution in [0.1, 0.15) is 18.4 Å². The lowest BCUT2D eigenvalue weighted by Crippen LogP contribution is -2.26. The van der Waals surface area contributed by atoms with Gasteiger partial charge in [-0.3, -0.25) is 4.31 Å². The number of anilines is 1. The number of nitrogens with zero attached hydrogens (tertiary/aromatic N) is 1. The summed E-state index contributed by atoms with van der Waals surface area (Å²) in [6.45, 7) is 2.48. The molecule has 0 heterocycles. The second kappa shape index (κ2) is 4.84. The highest BCUT2D eigenvalue weighted by Crippen LogP contribution is 2.27. The lowest BCUT2D eigenvalue weighted by Gasteiger charge is -2.22. The van der Waals surface area contributed by atoms with Gasteiger partial charge in [0.25, 0.3) is 0 Å². The molecule has 0 aliphatic rings. The third kappa shape index (κ3) is 2.74. The summed E-state index contributed by atoms with van der Waals surface area (Å²) in [6.07, 6.45) is 1.19. The van der Waals surface area contributed by atoms with Crippen LogP contribution in [0.3, 0.4) is 0 Å². The quantitative estimate of drug-likeness (QED) is 0.861. The van der Waals surface area contributed by atoms with Gasteiger partial charge in [-0.2, -0.15) is 0 Å². The van der Waals surface area contributed by atoms with Crippen molar-refractivity contribution in [2.45, 2.75) is 12.8 Å². The highest BCUT2D eigenvalue weighted by atomic mass is 32.2.